The zero-order valence-corrected chi connectivity index (χ0v) is 11.2. The minimum atomic E-state index is 0.233. The van der Waals surface area contributed by atoms with E-state index in [1.807, 2.05) is 18.2 Å². The lowest BCUT2D eigenvalue weighted by Crippen LogP contribution is -1.94. The average molecular weight is 256 g/mol. The molecule has 98 valence electrons. The van der Waals surface area contributed by atoms with Crippen molar-refractivity contribution in [2.24, 2.45) is 0 Å². The molecule has 2 aromatic heterocycles. The fourth-order valence-corrected chi connectivity index (χ4v) is 2.32. The first-order valence-electron chi connectivity index (χ1n) is 6.32. The van der Waals surface area contributed by atoms with E-state index in [1.54, 1.807) is 0 Å². The SMILES string of the molecule is Cc1ccc2oc(-c3onc(N)c3C(C)C)cc2c1. The molecule has 2 heterocycles. The molecule has 0 amide bonds. The number of nitrogens with zero attached hydrogens (tertiary/aromatic N) is 1. The van der Waals surface area contributed by atoms with Crippen LogP contribution >= 0.6 is 0 Å². The summed E-state index contributed by atoms with van der Waals surface area (Å²) in [5.74, 6) is 1.97. The third-order valence-corrected chi connectivity index (χ3v) is 3.23. The first-order chi connectivity index (χ1) is 9.06. The van der Waals surface area contributed by atoms with Crippen LogP contribution in [0.1, 0.15) is 30.9 Å². The van der Waals surface area contributed by atoms with Gasteiger partial charge >= 0.3 is 0 Å². The van der Waals surface area contributed by atoms with Crippen LogP contribution in [0.15, 0.2) is 33.2 Å². The molecule has 0 fully saturated rings. The van der Waals surface area contributed by atoms with Gasteiger partial charge in [-0.25, -0.2) is 0 Å². The van der Waals surface area contributed by atoms with Crippen LogP contribution in [0.3, 0.4) is 0 Å². The lowest BCUT2D eigenvalue weighted by Gasteiger charge is -2.02. The van der Waals surface area contributed by atoms with Crippen molar-refractivity contribution in [3.8, 4) is 11.5 Å². The van der Waals surface area contributed by atoms with Crippen LogP contribution in [0.5, 0.6) is 0 Å². The minimum absolute atomic E-state index is 0.233. The van der Waals surface area contributed by atoms with Gasteiger partial charge < -0.3 is 14.7 Å². The Labute approximate surface area is 111 Å². The van der Waals surface area contributed by atoms with Gasteiger partial charge in [-0.1, -0.05) is 30.6 Å². The normalized spacial score (nSPS) is 11.6. The third-order valence-electron chi connectivity index (χ3n) is 3.23. The van der Waals surface area contributed by atoms with Gasteiger partial charge in [0.25, 0.3) is 0 Å². The van der Waals surface area contributed by atoms with Gasteiger partial charge in [-0.05, 0) is 31.0 Å². The summed E-state index contributed by atoms with van der Waals surface area (Å²) in [6, 6.07) is 8.03. The summed E-state index contributed by atoms with van der Waals surface area (Å²) in [5.41, 5.74) is 8.78. The van der Waals surface area contributed by atoms with Crippen LogP contribution in [0.2, 0.25) is 0 Å². The molecule has 0 unspecified atom stereocenters. The average Bonchev–Trinajstić information content (AvgIpc) is 2.91. The zero-order chi connectivity index (χ0) is 13.6. The molecule has 4 heteroatoms. The number of aromatic nitrogens is 1. The van der Waals surface area contributed by atoms with Crippen molar-refractivity contribution >= 4 is 16.8 Å². The van der Waals surface area contributed by atoms with Gasteiger partial charge in [0.15, 0.2) is 11.6 Å². The molecular formula is C15H16N2O2. The fraction of sp³-hybridized carbons (Fsp3) is 0.267. The summed E-state index contributed by atoms with van der Waals surface area (Å²) in [4.78, 5) is 0. The van der Waals surface area contributed by atoms with Crippen molar-refractivity contribution in [2.75, 3.05) is 5.73 Å². The molecule has 0 saturated carbocycles. The molecule has 4 nitrogen and oxygen atoms in total. The highest BCUT2D eigenvalue weighted by Crippen LogP contribution is 2.36. The quantitative estimate of drug-likeness (QED) is 0.749. The van der Waals surface area contributed by atoms with Crippen molar-refractivity contribution in [2.45, 2.75) is 26.7 Å². The smallest absolute Gasteiger partial charge is 0.207 e. The first-order valence-corrected chi connectivity index (χ1v) is 6.32. The maximum atomic E-state index is 5.85. The summed E-state index contributed by atoms with van der Waals surface area (Å²) in [6.45, 7) is 6.16. The number of rotatable bonds is 2. The van der Waals surface area contributed by atoms with Gasteiger partial charge in [0.05, 0.1) is 0 Å². The number of furan rings is 1. The Bertz CT molecular complexity index is 738. The zero-order valence-electron chi connectivity index (χ0n) is 11.2. The van der Waals surface area contributed by atoms with Crippen LogP contribution in [0.4, 0.5) is 5.82 Å². The van der Waals surface area contributed by atoms with Crippen molar-refractivity contribution < 1.29 is 8.94 Å². The van der Waals surface area contributed by atoms with Gasteiger partial charge in [0, 0.05) is 10.9 Å². The Balaban J connectivity index is 2.19. The molecular weight excluding hydrogens is 240 g/mol. The van der Waals surface area contributed by atoms with Crippen LogP contribution in [0.25, 0.3) is 22.5 Å². The molecule has 2 N–H and O–H groups in total. The van der Waals surface area contributed by atoms with E-state index in [2.05, 4.69) is 32.0 Å². The Morgan fingerprint density at radius 2 is 2.00 bits per heavy atom. The van der Waals surface area contributed by atoms with E-state index in [0.717, 1.165) is 16.5 Å². The molecule has 3 aromatic rings. The number of fused-ring (bicyclic) bond motifs is 1. The lowest BCUT2D eigenvalue weighted by atomic mass is 10.0. The van der Waals surface area contributed by atoms with E-state index in [0.29, 0.717) is 17.3 Å². The van der Waals surface area contributed by atoms with E-state index in [4.69, 9.17) is 14.7 Å². The summed E-state index contributed by atoms with van der Waals surface area (Å²) in [5, 5.41) is 4.90. The number of aryl methyl sites for hydroxylation is 1. The highest BCUT2D eigenvalue weighted by Gasteiger charge is 2.21. The molecule has 0 bridgehead atoms. The Morgan fingerprint density at radius 1 is 1.21 bits per heavy atom. The highest BCUT2D eigenvalue weighted by molar-refractivity contribution is 5.83. The topological polar surface area (TPSA) is 65.2 Å². The summed E-state index contributed by atoms with van der Waals surface area (Å²) >= 11 is 0. The van der Waals surface area contributed by atoms with E-state index >= 15 is 0 Å². The largest absolute Gasteiger partial charge is 0.453 e. The summed E-state index contributed by atoms with van der Waals surface area (Å²) in [6.07, 6.45) is 0. The van der Waals surface area contributed by atoms with Crippen molar-refractivity contribution in [3.63, 3.8) is 0 Å². The number of nitrogen functional groups attached to an aromatic ring is 1. The first kappa shape index (κ1) is 11.8. The molecule has 0 atom stereocenters. The maximum Gasteiger partial charge on any atom is 0.207 e. The predicted octanol–water partition coefficient (Wildman–Crippen LogP) is 4.10. The third kappa shape index (κ3) is 1.89. The molecule has 0 aliphatic heterocycles. The number of benzene rings is 1. The van der Waals surface area contributed by atoms with Crippen LogP contribution < -0.4 is 5.73 Å². The van der Waals surface area contributed by atoms with Crippen molar-refractivity contribution in [3.05, 3.63) is 35.4 Å². The molecule has 0 saturated heterocycles. The molecule has 3 rings (SSSR count). The number of nitrogens with two attached hydrogens (primary N) is 1. The standard InChI is InChI=1S/C15H16N2O2/c1-8(2)13-14(19-17-15(13)16)12-7-10-6-9(3)4-5-11(10)18-12/h4-8H,1-3H3,(H2,16,17). The van der Waals surface area contributed by atoms with Gasteiger partial charge in [-0.3, -0.25) is 0 Å². The van der Waals surface area contributed by atoms with Gasteiger partial charge in [0.2, 0.25) is 5.76 Å². The molecule has 0 spiro atoms. The van der Waals surface area contributed by atoms with Crippen LogP contribution in [-0.2, 0) is 0 Å². The fourth-order valence-electron chi connectivity index (χ4n) is 2.32. The minimum Gasteiger partial charge on any atom is -0.453 e. The summed E-state index contributed by atoms with van der Waals surface area (Å²) < 4.78 is 11.2. The van der Waals surface area contributed by atoms with Crippen molar-refractivity contribution in [1.29, 1.82) is 0 Å². The van der Waals surface area contributed by atoms with E-state index in [1.165, 1.54) is 5.56 Å². The van der Waals surface area contributed by atoms with Gasteiger partial charge in [-0.2, -0.15) is 0 Å². The molecule has 19 heavy (non-hydrogen) atoms. The van der Waals surface area contributed by atoms with Gasteiger partial charge in [0.1, 0.15) is 5.58 Å². The second-order valence-corrected chi connectivity index (χ2v) is 5.12. The van der Waals surface area contributed by atoms with E-state index in [9.17, 15) is 0 Å². The van der Waals surface area contributed by atoms with Gasteiger partial charge in [-0.15, -0.1) is 0 Å². The van der Waals surface area contributed by atoms with Crippen LogP contribution in [0, 0.1) is 6.92 Å². The van der Waals surface area contributed by atoms with Crippen molar-refractivity contribution in [1.82, 2.24) is 5.16 Å². The Hall–Kier alpha value is -2.23. The Morgan fingerprint density at radius 3 is 2.74 bits per heavy atom. The maximum absolute atomic E-state index is 5.85. The predicted molar refractivity (Wildman–Crippen MR) is 74.9 cm³/mol. The molecule has 0 aliphatic rings. The number of hydrogen-bond acceptors (Lipinski definition) is 4. The lowest BCUT2D eigenvalue weighted by molar-refractivity contribution is 0.422. The Kier molecular flexibility index (Phi) is 2.59. The van der Waals surface area contributed by atoms with E-state index < -0.39 is 0 Å². The summed E-state index contributed by atoms with van der Waals surface area (Å²) in [7, 11) is 0. The second-order valence-electron chi connectivity index (χ2n) is 5.12. The molecule has 0 radical (unpaired) electrons. The van der Waals surface area contributed by atoms with Crippen LogP contribution in [-0.4, -0.2) is 5.16 Å². The molecule has 1 aromatic carbocycles. The highest BCUT2D eigenvalue weighted by atomic mass is 16.5. The number of hydrogen-bond donors (Lipinski definition) is 1. The monoisotopic (exact) mass is 256 g/mol. The second kappa shape index (κ2) is 4.16. The number of anilines is 1. The molecule has 0 aliphatic carbocycles. The van der Waals surface area contributed by atoms with E-state index in [-0.39, 0.29) is 5.92 Å².